The molecule has 2 heterocycles. The van der Waals surface area contributed by atoms with Crippen molar-refractivity contribution >= 4 is 11.6 Å². The molecule has 0 aliphatic carbocycles. The summed E-state index contributed by atoms with van der Waals surface area (Å²) in [6.45, 7) is 2.59. The van der Waals surface area contributed by atoms with Gasteiger partial charge in [-0.25, -0.2) is 4.39 Å². The van der Waals surface area contributed by atoms with Crippen LogP contribution in [0.2, 0.25) is 0 Å². The molecule has 0 spiro atoms. The molecule has 0 saturated carbocycles. The van der Waals surface area contributed by atoms with Crippen molar-refractivity contribution in [1.82, 2.24) is 9.78 Å². The van der Waals surface area contributed by atoms with Gasteiger partial charge in [0.2, 0.25) is 0 Å². The van der Waals surface area contributed by atoms with Crippen LogP contribution in [0.4, 0.5) is 10.1 Å². The number of guanidine groups is 1. The summed E-state index contributed by atoms with van der Waals surface area (Å²) in [5, 5.41) is 4.27. The van der Waals surface area contributed by atoms with Gasteiger partial charge < -0.3 is 10.6 Å². The summed E-state index contributed by atoms with van der Waals surface area (Å²) in [6, 6.07) is 6.28. The first-order valence-corrected chi connectivity index (χ1v) is 6.41. The van der Waals surface area contributed by atoms with Crippen LogP contribution >= 0.6 is 0 Å². The van der Waals surface area contributed by atoms with Gasteiger partial charge in [-0.3, -0.25) is 9.67 Å². The summed E-state index contributed by atoms with van der Waals surface area (Å²) < 4.78 is 14.9. The fourth-order valence-corrected chi connectivity index (χ4v) is 2.49. The van der Waals surface area contributed by atoms with E-state index in [1.54, 1.807) is 12.1 Å². The Morgan fingerprint density at radius 2 is 2.00 bits per heavy atom. The van der Waals surface area contributed by atoms with Crippen LogP contribution in [0, 0.1) is 12.7 Å². The number of aliphatic imine (C=N–C) groups is 1. The Bertz CT molecular complexity index is 659. The molecule has 6 heteroatoms. The molecule has 1 aromatic heterocycles. The maximum absolute atomic E-state index is 13.1. The molecule has 0 saturated heterocycles. The molecule has 2 aromatic rings. The number of hydrogen-bond acceptors (Lipinski definition) is 4. The van der Waals surface area contributed by atoms with Crippen LogP contribution in [0.3, 0.4) is 0 Å². The van der Waals surface area contributed by atoms with E-state index in [2.05, 4.69) is 10.1 Å². The number of halogens is 1. The highest BCUT2D eigenvalue weighted by Gasteiger charge is 2.31. The molecule has 0 radical (unpaired) electrons. The summed E-state index contributed by atoms with van der Waals surface area (Å²) in [6.07, 6.45) is 1.84. The van der Waals surface area contributed by atoms with Gasteiger partial charge in [0.15, 0.2) is 5.96 Å². The maximum atomic E-state index is 13.1. The van der Waals surface area contributed by atoms with Crippen molar-refractivity contribution < 1.29 is 4.39 Å². The highest BCUT2D eigenvalue weighted by Crippen LogP contribution is 2.32. The minimum absolute atomic E-state index is 0.00848. The third-order valence-corrected chi connectivity index (χ3v) is 3.72. The minimum Gasteiger partial charge on any atom is -0.369 e. The van der Waals surface area contributed by atoms with E-state index in [4.69, 9.17) is 5.73 Å². The Hall–Kier alpha value is -2.37. The van der Waals surface area contributed by atoms with Gasteiger partial charge in [0.05, 0.1) is 18.8 Å². The summed E-state index contributed by atoms with van der Waals surface area (Å²) >= 11 is 0. The second kappa shape index (κ2) is 4.63. The predicted molar refractivity (Wildman–Crippen MR) is 76.1 cm³/mol. The van der Waals surface area contributed by atoms with Gasteiger partial charge in [0.25, 0.3) is 0 Å². The van der Waals surface area contributed by atoms with Crippen molar-refractivity contribution in [2.75, 3.05) is 11.4 Å². The van der Waals surface area contributed by atoms with E-state index in [0.717, 1.165) is 16.9 Å². The first-order chi connectivity index (χ1) is 9.58. The second-order valence-electron chi connectivity index (χ2n) is 4.87. The fourth-order valence-electron chi connectivity index (χ4n) is 2.49. The third-order valence-electron chi connectivity index (χ3n) is 3.72. The number of aromatic nitrogens is 2. The normalized spacial score (nSPS) is 18.4. The SMILES string of the molecule is Cc1c(C2CN=C(N)N2c2ccc(F)cc2)cnn1C. The summed E-state index contributed by atoms with van der Waals surface area (Å²) in [4.78, 5) is 6.23. The van der Waals surface area contributed by atoms with Crippen molar-refractivity contribution in [2.24, 2.45) is 17.8 Å². The molecule has 1 atom stereocenters. The van der Waals surface area contributed by atoms with Crippen LogP contribution in [-0.4, -0.2) is 22.3 Å². The van der Waals surface area contributed by atoms with Crippen molar-refractivity contribution in [2.45, 2.75) is 13.0 Å². The number of anilines is 1. The monoisotopic (exact) mass is 273 g/mol. The highest BCUT2D eigenvalue weighted by atomic mass is 19.1. The van der Waals surface area contributed by atoms with Crippen molar-refractivity contribution in [3.8, 4) is 0 Å². The molecule has 1 aliphatic rings. The average Bonchev–Trinajstić information content (AvgIpc) is 2.96. The first kappa shape index (κ1) is 12.7. The highest BCUT2D eigenvalue weighted by molar-refractivity contribution is 5.97. The molecule has 1 unspecified atom stereocenters. The first-order valence-electron chi connectivity index (χ1n) is 6.41. The molecule has 2 N–H and O–H groups in total. The number of benzene rings is 1. The lowest BCUT2D eigenvalue weighted by atomic mass is 10.1. The van der Waals surface area contributed by atoms with E-state index in [1.165, 1.54) is 12.1 Å². The maximum Gasteiger partial charge on any atom is 0.196 e. The molecule has 0 bridgehead atoms. The molecule has 1 aromatic carbocycles. The molecule has 0 fully saturated rings. The topological polar surface area (TPSA) is 59.4 Å². The van der Waals surface area contributed by atoms with Crippen LogP contribution in [-0.2, 0) is 7.05 Å². The number of nitrogens with zero attached hydrogens (tertiary/aromatic N) is 4. The van der Waals surface area contributed by atoms with Crippen LogP contribution in [0.15, 0.2) is 35.5 Å². The lowest BCUT2D eigenvalue weighted by Gasteiger charge is -2.26. The number of nitrogens with two attached hydrogens (primary N) is 1. The standard InChI is InChI=1S/C14H16FN5/c1-9-12(7-18-19(9)2)13-8-17-14(16)20(13)11-5-3-10(15)4-6-11/h3-7,13H,8H2,1-2H3,(H2,16,17). The van der Waals surface area contributed by atoms with E-state index in [1.807, 2.05) is 29.7 Å². The molecular formula is C14H16FN5. The van der Waals surface area contributed by atoms with Gasteiger partial charge in [-0.15, -0.1) is 0 Å². The molecule has 1 aliphatic heterocycles. The second-order valence-corrected chi connectivity index (χ2v) is 4.87. The molecule has 20 heavy (non-hydrogen) atoms. The smallest absolute Gasteiger partial charge is 0.196 e. The van der Waals surface area contributed by atoms with Crippen LogP contribution < -0.4 is 10.6 Å². The van der Waals surface area contributed by atoms with Crippen molar-refractivity contribution in [3.63, 3.8) is 0 Å². The fraction of sp³-hybridized carbons (Fsp3) is 0.286. The Morgan fingerprint density at radius 1 is 1.30 bits per heavy atom. The van der Waals surface area contributed by atoms with Gasteiger partial charge in [0.1, 0.15) is 5.82 Å². The summed E-state index contributed by atoms with van der Waals surface area (Å²) in [7, 11) is 1.90. The molecule has 3 rings (SSSR count). The van der Waals surface area contributed by atoms with E-state index in [-0.39, 0.29) is 11.9 Å². The minimum atomic E-state index is -0.266. The van der Waals surface area contributed by atoms with Crippen molar-refractivity contribution in [3.05, 3.63) is 47.5 Å². The van der Waals surface area contributed by atoms with Crippen LogP contribution in [0.25, 0.3) is 0 Å². The zero-order valence-electron chi connectivity index (χ0n) is 11.4. The van der Waals surface area contributed by atoms with E-state index in [9.17, 15) is 4.39 Å². The Morgan fingerprint density at radius 3 is 2.60 bits per heavy atom. The van der Waals surface area contributed by atoms with E-state index >= 15 is 0 Å². The third kappa shape index (κ3) is 1.93. The lowest BCUT2D eigenvalue weighted by molar-refractivity contribution is 0.627. The average molecular weight is 273 g/mol. The quantitative estimate of drug-likeness (QED) is 0.906. The van der Waals surface area contributed by atoms with Gasteiger partial charge in [-0.05, 0) is 31.2 Å². The van der Waals surface area contributed by atoms with Gasteiger partial charge in [0, 0.05) is 24.0 Å². The molecule has 5 nitrogen and oxygen atoms in total. The predicted octanol–water partition coefficient (Wildman–Crippen LogP) is 1.74. The van der Waals surface area contributed by atoms with Gasteiger partial charge >= 0.3 is 0 Å². The van der Waals surface area contributed by atoms with E-state index < -0.39 is 0 Å². The van der Waals surface area contributed by atoms with Crippen LogP contribution in [0.5, 0.6) is 0 Å². The molecular weight excluding hydrogens is 257 g/mol. The van der Waals surface area contributed by atoms with E-state index in [0.29, 0.717) is 12.5 Å². The number of aryl methyl sites for hydroxylation is 1. The Labute approximate surface area is 116 Å². The largest absolute Gasteiger partial charge is 0.369 e. The summed E-state index contributed by atoms with van der Waals surface area (Å²) in [5.41, 5.74) is 8.98. The number of hydrogen-bond donors (Lipinski definition) is 1. The number of rotatable bonds is 2. The Balaban J connectivity index is 2.00. The molecule has 104 valence electrons. The lowest BCUT2D eigenvalue weighted by Crippen LogP contribution is -2.36. The van der Waals surface area contributed by atoms with Crippen LogP contribution in [0.1, 0.15) is 17.3 Å². The zero-order valence-corrected chi connectivity index (χ0v) is 11.4. The van der Waals surface area contributed by atoms with Gasteiger partial charge in [-0.2, -0.15) is 5.10 Å². The van der Waals surface area contributed by atoms with Gasteiger partial charge in [-0.1, -0.05) is 0 Å². The summed E-state index contributed by atoms with van der Waals surface area (Å²) in [5.74, 6) is 0.183. The van der Waals surface area contributed by atoms with Crippen molar-refractivity contribution in [1.29, 1.82) is 0 Å². The zero-order chi connectivity index (χ0) is 14.3. The Kier molecular flexibility index (Phi) is 2.93. The molecule has 0 amide bonds.